The molecule has 0 aliphatic carbocycles. The Kier molecular flexibility index (Phi) is 6.51. The van der Waals surface area contributed by atoms with E-state index in [-0.39, 0.29) is 19.0 Å². The lowest BCUT2D eigenvalue weighted by atomic mass is 10.2. The van der Waals surface area contributed by atoms with Gasteiger partial charge in [0.2, 0.25) is 5.95 Å². The molecule has 0 spiro atoms. The molecule has 2 heterocycles. The van der Waals surface area contributed by atoms with Crippen molar-refractivity contribution in [2.75, 3.05) is 5.32 Å². The number of aryl methyl sites for hydroxylation is 1. The van der Waals surface area contributed by atoms with Crippen LogP contribution in [0.5, 0.6) is 0 Å². The number of nitrogens with one attached hydrogen (secondary N) is 1. The number of carboxylic acid groups (broad SMARTS) is 1. The third-order valence-electron chi connectivity index (χ3n) is 5.27. The van der Waals surface area contributed by atoms with Crippen molar-refractivity contribution < 1.29 is 14.3 Å². The average molecular weight is 484 g/mol. The first-order valence-electron chi connectivity index (χ1n) is 10.6. The highest BCUT2D eigenvalue weighted by atomic mass is 35.5. The molecule has 0 saturated heterocycles. The van der Waals surface area contributed by atoms with Crippen molar-refractivity contribution in [1.82, 2.24) is 19.1 Å². The van der Waals surface area contributed by atoms with Crippen LogP contribution in [0.3, 0.4) is 0 Å². The molecule has 0 unspecified atom stereocenters. The molecule has 34 heavy (non-hydrogen) atoms. The second-order valence-corrected chi connectivity index (χ2v) is 8.27. The SMILES string of the molecule is CCc1nc2ccc(Nc3nc(=O)n(C[C@H](C)C(=O)O)c(=O)n3Cc3ccc(Cl)cc3)cc2o1. The number of benzene rings is 2. The van der Waals surface area contributed by atoms with Gasteiger partial charge in [-0.25, -0.2) is 19.1 Å². The zero-order valence-electron chi connectivity index (χ0n) is 18.5. The van der Waals surface area contributed by atoms with Crippen molar-refractivity contribution in [2.45, 2.75) is 33.4 Å². The molecule has 176 valence electrons. The van der Waals surface area contributed by atoms with E-state index >= 15 is 0 Å². The highest BCUT2D eigenvalue weighted by Gasteiger charge is 2.19. The Balaban J connectivity index is 1.78. The molecule has 0 saturated carbocycles. The van der Waals surface area contributed by atoms with E-state index in [0.29, 0.717) is 34.1 Å². The van der Waals surface area contributed by atoms with Gasteiger partial charge in [-0.05, 0) is 29.8 Å². The van der Waals surface area contributed by atoms with Crippen LogP contribution in [0.15, 0.2) is 56.5 Å². The molecule has 0 aliphatic heterocycles. The lowest BCUT2D eigenvalue weighted by Gasteiger charge is -2.16. The van der Waals surface area contributed by atoms with Crippen molar-refractivity contribution in [3.63, 3.8) is 0 Å². The van der Waals surface area contributed by atoms with Gasteiger partial charge in [0.25, 0.3) is 0 Å². The van der Waals surface area contributed by atoms with E-state index in [1.165, 1.54) is 11.5 Å². The number of fused-ring (bicyclic) bond motifs is 1. The van der Waals surface area contributed by atoms with Gasteiger partial charge in [-0.3, -0.25) is 9.36 Å². The molecule has 0 fully saturated rings. The number of aliphatic carboxylic acids is 1. The second kappa shape index (κ2) is 9.52. The Morgan fingerprint density at radius 3 is 2.56 bits per heavy atom. The first kappa shape index (κ1) is 23.2. The van der Waals surface area contributed by atoms with Crippen LogP contribution >= 0.6 is 11.6 Å². The van der Waals surface area contributed by atoms with Gasteiger partial charge >= 0.3 is 17.3 Å². The van der Waals surface area contributed by atoms with Crippen LogP contribution in [0.4, 0.5) is 11.6 Å². The zero-order chi connectivity index (χ0) is 24.4. The number of carboxylic acids is 1. The first-order valence-corrected chi connectivity index (χ1v) is 11.0. The van der Waals surface area contributed by atoms with Crippen LogP contribution in [0.1, 0.15) is 25.3 Å². The van der Waals surface area contributed by atoms with E-state index in [2.05, 4.69) is 15.3 Å². The maximum atomic E-state index is 13.3. The van der Waals surface area contributed by atoms with Crippen LogP contribution < -0.4 is 16.7 Å². The molecule has 4 aromatic rings. The zero-order valence-corrected chi connectivity index (χ0v) is 19.2. The number of rotatable bonds is 8. The molecule has 0 amide bonds. The summed E-state index contributed by atoms with van der Waals surface area (Å²) in [6.45, 7) is 3.13. The monoisotopic (exact) mass is 483 g/mol. The molecule has 0 bridgehead atoms. The molecule has 4 rings (SSSR count). The predicted octanol–water partition coefficient (Wildman–Crippen LogP) is 3.27. The van der Waals surface area contributed by atoms with Gasteiger partial charge in [-0.15, -0.1) is 0 Å². The fraction of sp³-hybridized carbons (Fsp3) is 0.261. The van der Waals surface area contributed by atoms with Crippen LogP contribution in [0.2, 0.25) is 5.02 Å². The number of oxazole rings is 1. The average Bonchev–Trinajstić information content (AvgIpc) is 3.23. The van der Waals surface area contributed by atoms with E-state index in [0.717, 1.165) is 10.1 Å². The van der Waals surface area contributed by atoms with E-state index in [1.54, 1.807) is 42.5 Å². The van der Waals surface area contributed by atoms with Gasteiger partial charge in [-0.1, -0.05) is 37.6 Å². The van der Waals surface area contributed by atoms with Gasteiger partial charge in [0, 0.05) is 29.7 Å². The summed E-state index contributed by atoms with van der Waals surface area (Å²) in [6, 6.07) is 12.1. The van der Waals surface area contributed by atoms with E-state index in [1.807, 2.05) is 6.92 Å². The Morgan fingerprint density at radius 1 is 1.15 bits per heavy atom. The predicted molar refractivity (Wildman–Crippen MR) is 127 cm³/mol. The molecule has 2 aromatic carbocycles. The topological polar surface area (TPSA) is 132 Å². The maximum absolute atomic E-state index is 13.3. The standard InChI is InChI=1S/C23H22ClN5O5/c1-3-19-26-17-9-8-16(10-18(17)34-19)25-21-27-22(32)29(11-13(2)20(30)31)23(33)28(21)12-14-4-6-15(24)7-5-14/h4-10,13H,3,11-12H2,1-2H3,(H,30,31)(H,25,27,32)/t13-/m0/s1. The van der Waals surface area contributed by atoms with E-state index < -0.39 is 23.3 Å². The summed E-state index contributed by atoms with van der Waals surface area (Å²) in [6.07, 6.45) is 0.645. The quantitative estimate of drug-likeness (QED) is 0.390. The van der Waals surface area contributed by atoms with Gasteiger partial charge < -0.3 is 14.8 Å². The first-order chi connectivity index (χ1) is 16.2. The minimum absolute atomic E-state index is 0.0127. The molecule has 11 heteroatoms. The summed E-state index contributed by atoms with van der Waals surface area (Å²) >= 11 is 5.97. The van der Waals surface area contributed by atoms with Gasteiger partial charge in [0.05, 0.1) is 12.5 Å². The maximum Gasteiger partial charge on any atom is 0.354 e. The summed E-state index contributed by atoms with van der Waals surface area (Å²) in [4.78, 5) is 45.7. The molecule has 10 nitrogen and oxygen atoms in total. The minimum atomic E-state index is -1.12. The smallest absolute Gasteiger partial charge is 0.354 e. The number of aromatic nitrogens is 4. The fourth-order valence-electron chi connectivity index (χ4n) is 3.38. The van der Waals surface area contributed by atoms with Crippen molar-refractivity contribution in [1.29, 1.82) is 0 Å². The largest absolute Gasteiger partial charge is 0.481 e. The Hall–Kier alpha value is -3.92. The normalized spacial score (nSPS) is 12.1. The fourth-order valence-corrected chi connectivity index (χ4v) is 3.50. The van der Waals surface area contributed by atoms with Crippen molar-refractivity contribution in [2.24, 2.45) is 5.92 Å². The van der Waals surface area contributed by atoms with Gasteiger partial charge in [-0.2, -0.15) is 4.98 Å². The number of nitrogens with zero attached hydrogens (tertiary/aromatic N) is 4. The molecule has 1 atom stereocenters. The Morgan fingerprint density at radius 2 is 1.88 bits per heavy atom. The summed E-state index contributed by atoms with van der Waals surface area (Å²) in [5, 5.41) is 12.8. The second-order valence-electron chi connectivity index (χ2n) is 7.83. The van der Waals surface area contributed by atoms with E-state index in [4.69, 9.17) is 16.0 Å². The summed E-state index contributed by atoms with van der Waals surface area (Å²) < 4.78 is 7.80. The molecule has 2 aromatic heterocycles. The van der Waals surface area contributed by atoms with Crippen molar-refractivity contribution >= 4 is 40.3 Å². The van der Waals surface area contributed by atoms with Crippen LogP contribution in [-0.4, -0.2) is 30.2 Å². The van der Waals surface area contributed by atoms with Crippen molar-refractivity contribution in [3.8, 4) is 0 Å². The van der Waals surface area contributed by atoms with Gasteiger partial charge in [0.1, 0.15) is 5.52 Å². The number of hydrogen-bond donors (Lipinski definition) is 2. The summed E-state index contributed by atoms with van der Waals surface area (Å²) in [5.41, 5.74) is 0.996. The van der Waals surface area contributed by atoms with E-state index in [9.17, 15) is 19.5 Å². The van der Waals surface area contributed by atoms with Crippen molar-refractivity contribution in [3.05, 3.63) is 79.9 Å². The number of halogens is 1. The highest BCUT2D eigenvalue weighted by molar-refractivity contribution is 6.30. The number of hydrogen-bond acceptors (Lipinski definition) is 7. The molecule has 0 radical (unpaired) electrons. The number of anilines is 2. The lowest BCUT2D eigenvalue weighted by Crippen LogP contribution is -2.44. The molecular formula is C23H22ClN5O5. The third kappa shape index (κ3) is 4.86. The Labute approximate surface area is 198 Å². The lowest BCUT2D eigenvalue weighted by molar-refractivity contribution is -0.141. The van der Waals surface area contributed by atoms with Crippen LogP contribution in [0.25, 0.3) is 11.1 Å². The molecular weight excluding hydrogens is 462 g/mol. The minimum Gasteiger partial charge on any atom is -0.481 e. The summed E-state index contributed by atoms with van der Waals surface area (Å²) in [5.74, 6) is -1.46. The Bertz CT molecular complexity index is 1470. The number of carbonyl (C=O) groups is 1. The third-order valence-corrected chi connectivity index (χ3v) is 5.53. The molecule has 0 aliphatic rings. The van der Waals surface area contributed by atoms with Gasteiger partial charge in [0.15, 0.2) is 11.5 Å². The van der Waals surface area contributed by atoms with Crippen LogP contribution in [0, 0.1) is 5.92 Å². The highest BCUT2D eigenvalue weighted by Crippen LogP contribution is 2.22. The molecule has 2 N–H and O–H groups in total. The van der Waals surface area contributed by atoms with Crippen LogP contribution in [-0.2, 0) is 24.3 Å². The summed E-state index contributed by atoms with van der Waals surface area (Å²) in [7, 11) is 0.